The number of hydrogen-bond acceptors (Lipinski definition) is 3. The molecule has 2 N–H and O–H groups in total. The van der Waals surface area contributed by atoms with E-state index >= 15 is 0 Å². The summed E-state index contributed by atoms with van der Waals surface area (Å²) in [6.07, 6.45) is 1.33. The highest BCUT2D eigenvalue weighted by Gasteiger charge is 2.03. The number of aliphatic carboxylic acids is 1. The Morgan fingerprint density at radius 3 is 2.59 bits per heavy atom. The van der Waals surface area contributed by atoms with E-state index in [4.69, 9.17) is 9.84 Å². The monoisotopic (exact) mass is 301 g/mol. The maximum Gasteiger partial charge on any atom is 0.303 e. The van der Waals surface area contributed by atoms with Crippen LogP contribution in [0.1, 0.15) is 19.3 Å². The number of fused-ring (bicyclic) bond motifs is 1. The number of rotatable bonds is 8. The highest BCUT2D eigenvalue weighted by atomic mass is 16.5. The van der Waals surface area contributed by atoms with Gasteiger partial charge < -0.3 is 15.2 Å². The van der Waals surface area contributed by atoms with Crippen LogP contribution >= 0.6 is 0 Å². The van der Waals surface area contributed by atoms with E-state index in [1.165, 1.54) is 0 Å². The van der Waals surface area contributed by atoms with Crippen molar-refractivity contribution in [3.63, 3.8) is 0 Å². The molecule has 0 aromatic heterocycles. The number of unbranched alkanes of at least 4 members (excludes halogenated alkanes) is 1. The van der Waals surface area contributed by atoms with Gasteiger partial charge in [0, 0.05) is 13.0 Å². The zero-order valence-electron chi connectivity index (χ0n) is 12.2. The molecule has 0 radical (unpaired) electrons. The fourth-order valence-electron chi connectivity index (χ4n) is 2.09. The summed E-state index contributed by atoms with van der Waals surface area (Å²) in [7, 11) is 0. The number of nitrogens with one attached hydrogen (secondary N) is 1. The van der Waals surface area contributed by atoms with Gasteiger partial charge >= 0.3 is 5.97 Å². The lowest BCUT2D eigenvalue weighted by atomic mass is 10.1. The summed E-state index contributed by atoms with van der Waals surface area (Å²) in [5, 5.41) is 13.4. The molecule has 2 aromatic rings. The molecule has 22 heavy (non-hydrogen) atoms. The van der Waals surface area contributed by atoms with Crippen molar-refractivity contribution in [3.8, 4) is 5.75 Å². The van der Waals surface area contributed by atoms with Crippen LogP contribution in [0.4, 0.5) is 0 Å². The molecule has 0 saturated heterocycles. The number of carboxylic acids is 1. The van der Waals surface area contributed by atoms with Crippen molar-refractivity contribution in [3.05, 3.63) is 42.5 Å². The molecule has 0 atom stereocenters. The van der Waals surface area contributed by atoms with Crippen LogP contribution < -0.4 is 10.1 Å². The van der Waals surface area contributed by atoms with Crippen LogP contribution in [-0.4, -0.2) is 30.1 Å². The lowest BCUT2D eigenvalue weighted by Gasteiger charge is -2.08. The highest BCUT2D eigenvalue weighted by Crippen LogP contribution is 2.20. The van der Waals surface area contributed by atoms with Crippen LogP contribution in [0.15, 0.2) is 42.5 Å². The quantitative estimate of drug-likeness (QED) is 0.735. The molecule has 0 bridgehead atoms. The zero-order valence-corrected chi connectivity index (χ0v) is 12.2. The van der Waals surface area contributed by atoms with Gasteiger partial charge in [-0.15, -0.1) is 0 Å². The van der Waals surface area contributed by atoms with Crippen LogP contribution in [0.5, 0.6) is 5.75 Å². The van der Waals surface area contributed by atoms with Gasteiger partial charge in [-0.1, -0.05) is 30.3 Å². The molecule has 5 nitrogen and oxygen atoms in total. The van der Waals surface area contributed by atoms with Crippen molar-refractivity contribution in [2.45, 2.75) is 19.3 Å². The third-order valence-electron chi connectivity index (χ3n) is 3.23. The van der Waals surface area contributed by atoms with Gasteiger partial charge in [-0.25, -0.2) is 0 Å². The van der Waals surface area contributed by atoms with Gasteiger partial charge in [0.05, 0.1) is 0 Å². The van der Waals surface area contributed by atoms with Gasteiger partial charge in [-0.2, -0.15) is 0 Å². The van der Waals surface area contributed by atoms with Crippen molar-refractivity contribution >= 4 is 22.6 Å². The third-order valence-corrected chi connectivity index (χ3v) is 3.23. The molecule has 0 aliphatic rings. The van der Waals surface area contributed by atoms with Gasteiger partial charge in [0.25, 0.3) is 5.91 Å². The third kappa shape index (κ3) is 5.09. The van der Waals surface area contributed by atoms with Gasteiger partial charge in [0.1, 0.15) is 5.75 Å². The summed E-state index contributed by atoms with van der Waals surface area (Å²) in [6.45, 7) is 0.421. The Bertz CT molecular complexity index is 654. The number of carboxylic acid groups (broad SMARTS) is 1. The Morgan fingerprint density at radius 2 is 1.82 bits per heavy atom. The molecule has 2 aromatic carbocycles. The van der Waals surface area contributed by atoms with Crippen LogP contribution in [0, 0.1) is 0 Å². The normalized spacial score (nSPS) is 10.4. The number of benzene rings is 2. The van der Waals surface area contributed by atoms with Gasteiger partial charge in [0.2, 0.25) is 0 Å². The lowest BCUT2D eigenvalue weighted by molar-refractivity contribution is -0.137. The average Bonchev–Trinajstić information content (AvgIpc) is 2.52. The number of ether oxygens (including phenoxy) is 1. The van der Waals surface area contributed by atoms with Crippen molar-refractivity contribution in [2.24, 2.45) is 0 Å². The SMILES string of the molecule is O=C(O)CCCCNC(=O)COc1ccc2ccccc2c1. The molecular weight excluding hydrogens is 282 g/mol. The van der Waals surface area contributed by atoms with Crippen LogP contribution in [0.3, 0.4) is 0 Å². The van der Waals surface area contributed by atoms with Crippen molar-refractivity contribution < 1.29 is 19.4 Å². The summed E-state index contributed by atoms with van der Waals surface area (Å²) in [5.41, 5.74) is 0. The fraction of sp³-hybridized carbons (Fsp3) is 0.294. The summed E-state index contributed by atoms with van der Waals surface area (Å²) in [5.74, 6) is -0.367. The topological polar surface area (TPSA) is 75.6 Å². The second-order valence-electron chi connectivity index (χ2n) is 5.00. The summed E-state index contributed by atoms with van der Waals surface area (Å²) in [4.78, 5) is 22.0. The van der Waals surface area contributed by atoms with E-state index in [9.17, 15) is 9.59 Å². The predicted octanol–water partition coefficient (Wildman–Crippen LogP) is 2.59. The van der Waals surface area contributed by atoms with E-state index in [0.29, 0.717) is 25.1 Å². The summed E-state index contributed by atoms with van der Waals surface area (Å²) >= 11 is 0. The van der Waals surface area contributed by atoms with E-state index in [-0.39, 0.29) is 18.9 Å². The van der Waals surface area contributed by atoms with Crippen LogP contribution in [0.2, 0.25) is 0 Å². The fourth-order valence-corrected chi connectivity index (χ4v) is 2.09. The number of hydrogen-bond donors (Lipinski definition) is 2. The minimum absolute atomic E-state index is 0.0444. The zero-order chi connectivity index (χ0) is 15.8. The summed E-state index contributed by atoms with van der Waals surface area (Å²) in [6, 6.07) is 13.6. The number of carbonyl (C=O) groups excluding carboxylic acids is 1. The maximum atomic E-state index is 11.6. The standard InChI is InChI=1S/C17H19NO4/c19-16(18-10-4-3-7-17(20)21)12-22-15-9-8-13-5-1-2-6-14(13)11-15/h1-2,5-6,8-9,11H,3-4,7,10,12H2,(H,18,19)(H,20,21). The van der Waals surface area contributed by atoms with Crippen molar-refractivity contribution in [1.82, 2.24) is 5.32 Å². The molecule has 0 saturated carbocycles. The number of amides is 1. The molecule has 0 fully saturated rings. The Labute approximate surface area is 128 Å². The largest absolute Gasteiger partial charge is 0.484 e. The van der Waals surface area contributed by atoms with E-state index in [1.807, 2.05) is 42.5 Å². The molecule has 1 amide bonds. The lowest BCUT2D eigenvalue weighted by Crippen LogP contribution is -2.29. The number of carbonyl (C=O) groups is 2. The Kier molecular flexibility index (Phi) is 5.77. The molecule has 116 valence electrons. The molecule has 0 aliphatic heterocycles. The second kappa shape index (κ2) is 8.02. The minimum atomic E-state index is -0.814. The Balaban J connectivity index is 1.72. The second-order valence-corrected chi connectivity index (χ2v) is 5.00. The first-order valence-electron chi connectivity index (χ1n) is 7.25. The van der Waals surface area contributed by atoms with E-state index in [0.717, 1.165) is 10.8 Å². The molecular formula is C17H19NO4. The first kappa shape index (κ1) is 15.8. The van der Waals surface area contributed by atoms with Crippen LogP contribution in [0.25, 0.3) is 10.8 Å². The Morgan fingerprint density at radius 1 is 1.05 bits per heavy atom. The smallest absolute Gasteiger partial charge is 0.303 e. The maximum absolute atomic E-state index is 11.6. The van der Waals surface area contributed by atoms with Crippen molar-refractivity contribution in [2.75, 3.05) is 13.2 Å². The average molecular weight is 301 g/mol. The predicted molar refractivity (Wildman–Crippen MR) is 83.9 cm³/mol. The molecule has 0 aliphatic carbocycles. The van der Waals surface area contributed by atoms with Gasteiger partial charge in [-0.3, -0.25) is 9.59 Å². The van der Waals surface area contributed by atoms with E-state index in [2.05, 4.69) is 5.32 Å². The first-order valence-corrected chi connectivity index (χ1v) is 7.25. The Hall–Kier alpha value is -2.56. The van der Waals surface area contributed by atoms with E-state index < -0.39 is 5.97 Å². The molecule has 2 rings (SSSR count). The summed E-state index contributed by atoms with van der Waals surface area (Å²) < 4.78 is 5.46. The van der Waals surface area contributed by atoms with Gasteiger partial charge in [-0.05, 0) is 35.7 Å². The minimum Gasteiger partial charge on any atom is -0.484 e. The van der Waals surface area contributed by atoms with Gasteiger partial charge in [0.15, 0.2) is 6.61 Å². The van der Waals surface area contributed by atoms with E-state index in [1.54, 1.807) is 0 Å². The molecule has 0 unspecified atom stereocenters. The molecule has 5 heteroatoms. The first-order chi connectivity index (χ1) is 10.6. The van der Waals surface area contributed by atoms with Crippen molar-refractivity contribution in [1.29, 1.82) is 0 Å². The highest BCUT2D eigenvalue weighted by molar-refractivity contribution is 5.84. The molecule has 0 heterocycles. The molecule has 0 spiro atoms. The van der Waals surface area contributed by atoms with Crippen LogP contribution in [-0.2, 0) is 9.59 Å².